The van der Waals surface area contributed by atoms with Crippen molar-refractivity contribution in [2.24, 2.45) is 11.7 Å². The van der Waals surface area contributed by atoms with Gasteiger partial charge in [-0.15, -0.1) is 11.3 Å². The molecule has 1 saturated heterocycles. The maximum Gasteiger partial charge on any atom is 0.252 e. The van der Waals surface area contributed by atoms with Crippen molar-refractivity contribution in [1.29, 1.82) is 0 Å². The molecule has 1 atom stereocenters. The van der Waals surface area contributed by atoms with Crippen LogP contribution in [-0.2, 0) is 14.8 Å². The minimum Gasteiger partial charge on any atom is -0.366 e. The van der Waals surface area contributed by atoms with Crippen molar-refractivity contribution in [3.8, 4) is 0 Å². The van der Waals surface area contributed by atoms with Gasteiger partial charge in [0.2, 0.25) is 5.91 Å². The Morgan fingerprint density at radius 3 is 2.64 bits per heavy atom. The zero-order chi connectivity index (χ0) is 20.5. The van der Waals surface area contributed by atoms with Gasteiger partial charge in [0, 0.05) is 19.2 Å². The van der Waals surface area contributed by atoms with E-state index in [1.54, 1.807) is 11.4 Å². The van der Waals surface area contributed by atoms with Crippen LogP contribution < -0.4 is 11.1 Å². The van der Waals surface area contributed by atoms with Crippen LogP contribution in [0.2, 0.25) is 0 Å². The molecule has 7 nitrogen and oxygen atoms in total. The fourth-order valence-electron chi connectivity index (χ4n) is 2.98. The Balaban J connectivity index is 1.77. The predicted octanol–water partition coefficient (Wildman–Crippen LogP) is 2.16. The van der Waals surface area contributed by atoms with Crippen LogP contribution in [0.4, 0.5) is 14.5 Å². The molecule has 0 bridgehead atoms. The molecular formula is C17H17F2N3O4S2. The Morgan fingerprint density at radius 1 is 1.25 bits per heavy atom. The molecule has 150 valence electrons. The average Bonchev–Trinajstić information content (AvgIpc) is 3.19. The number of benzene rings is 1. The number of primary amides is 1. The number of thiophene rings is 1. The maximum absolute atomic E-state index is 14.0. The van der Waals surface area contributed by atoms with Gasteiger partial charge >= 0.3 is 0 Å². The SMILES string of the molecule is NC(=O)c1cc(NC(=O)C2CCCN(S(=O)(=O)c3cccs3)C2)c(F)cc1F. The van der Waals surface area contributed by atoms with Crippen molar-refractivity contribution in [3.63, 3.8) is 0 Å². The molecule has 1 unspecified atom stereocenters. The lowest BCUT2D eigenvalue weighted by Crippen LogP contribution is -2.43. The summed E-state index contributed by atoms with van der Waals surface area (Å²) in [6.45, 7) is 0.221. The van der Waals surface area contributed by atoms with Crippen molar-refractivity contribution in [2.75, 3.05) is 18.4 Å². The molecule has 2 aromatic rings. The van der Waals surface area contributed by atoms with Gasteiger partial charge in [-0.25, -0.2) is 17.2 Å². The maximum atomic E-state index is 14.0. The number of carbonyl (C=O) groups excluding carboxylic acids is 2. The van der Waals surface area contributed by atoms with Crippen LogP contribution in [0.5, 0.6) is 0 Å². The molecule has 3 N–H and O–H groups in total. The number of halogens is 2. The van der Waals surface area contributed by atoms with Gasteiger partial charge in [-0.2, -0.15) is 4.31 Å². The van der Waals surface area contributed by atoms with Crippen molar-refractivity contribution < 1.29 is 26.8 Å². The van der Waals surface area contributed by atoms with Gasteiger partial charge < -0.3 is 11.1 Å². The van der Waals surface area contributed by atoms with Crippen LogP contribution in [0.15, 0.2) is 33.9 Å². The van der Waals surface area contributed by atoms with E-state index in [0.717, 1.165) is 17.4 Å². The van der Waals surface area contributed by atoms with Gasteiger partial charge in [0.25, 0.3) is 15.9 Å². The standard InChI is InChI=1S/C17H17F2N3O4S2/c18-12-8-13(19)14(7-11(12)16(20)23)21-17(24)10-3-1-5-22(9-10)28(25,26)15-4-2-6-27-15/h2,4,6-8,10H,1,3,5,9H2,(H2,20,23)(H,21,24). The van der Waals surface area contributed by atoms with Crippen LogP contribution in [0, 0.1) is 17.6 Å². The van der Waals surface area contributed by atoms with Gasteiger partial charge in [0.15, 0.2) is 0 Å². The first-order valence-corrected chi connectivity index (χ1v) is 10.7. The quantitative estimate of drug-likeness (QED) is 0.759. The van der Waals surface area contributed by atoms with E-state index in [4.69, 9.17) is 5.73 Å². The minimum absolute atomic E-state index is 0.0580. The second-order valence-electron chi connectivity index (χ2n) is 6.30. The highest BCUT2D eigenvalue weighted by Crippen LogP contribution is 2.27. The molecule has 11 heteroatoms. The summed E-state index contributed by atoms with van der Waals surface area (Å²) < 4.78 is 54.2. The lowest BCUT2D eigenvalue weighted by atomic mass is 9.98. The first kappa shape index (κ1) is 20.4. The molecule has 0 spiro atoms. The summed E-state index contributed by atoms with van der Waals surface area (Å²) in [4.78, 5) is 23.8. The normalized spacial score (nSPS) is 18.0. The third-order valence-corrected chi connectivity index (χ3v) is 7.66. The smallest absolute Gasteiger partial charge is 0.252 e. The molecule has 2 amide bonds. The molecule has 1 aliphatic rings. The molecular weight excluding hydrogens is 412 g/mol. The highest BCUT2D eigenvalue weighted by atomic mass is 32.2. The number of carbonyl (C=O) groups is 2. The van der Waals surface area contributed by atoms with Crippen LogP contribution >= 0.6 is 11.3 Å². The zero-order valence-corrected chi connectivity index (χ0v) is 16.2. The molecule has 0 aliphatic carbocycles. The highest BCUT2D eigenvalue weighted by molar-refractivity contribution is 7.91. The summed E-state index contributed by atoms with van der Waals surface area (Å²) in [5, 5.41) is 3.95. The molecule has 1 aromatic heterocycles. The van der Waals surface area contributed by atoms with E-state index in [9.17, 15) is 26.8 Å². The predicted molar refractivity (Wildman–Crippen MR) is 99.3 cm³/mol. The lowest BCUT2D eigenvalue weighted by Gasteiger charge is -2.30. The van der Waals surface area contributed by atoms with E-state index < -0.39 is 50.6 Å². The van der Waals surface area contributed by atoms with Crippen LogP contribution in [-0.4, -0.2) is 37.6 Å². The fraction of sp³-hybridized carbons (Fsp3) is 0.294. The molecule has 0 saturated carbocycles. The molecule has 28 heavy (non-hydrogen) atoms. The number of amides is 2. The number of hydrogen-bond donors (Lipinski definition) is 2. The third kappa shape index (κ3) is 4.05. The summed E-state index contributed by atoms with van der Waals surface area (Å²) in [5.74, 6) is -4.63. The van der Waals surface area contributed by atoms with E-state index in [2.05, 4.69) is 5.32 Å². The summed E-state index contributed by atoms with van der Waals surface area (Å²) in [6.07, 6.45) is 0.870. The Kier molecular flexibility index (Phi) is 5.77. The van der Waals surface area contributed by atoms with Gasteiger partial charge in [0.05, 0.1) is 17.2 Å². The van der Waals surface area contributed by atoms with E-state index >= 15 is 0 Å². The van der Waals surface area contributed by atoms with Gasteiger partial charge in [-0.3, -0.25) is 9.59 Å². The van der Waals surface area contributed by atoms with Crippen molar-refractivity contribution >= 4 is 38.9 Å². The Hall–Kier alpha value is -2.37. The number of nitrogens with two attached hydrogens (primary N) is 1. The van der Waals surface area contributed by atoms with E-state index in [1.807, 2.05) is 0 Å². The van der Waals surface area contributed by atoms with E-state index in [1.165, 1.54) is 10.4 Å². The number of nitrogens with zero attached hydrogens (tertiary/aromatic N) is 1. The van der Waals surface area contributed by atoms with Gasteiger partial charge in [0.1, 0.15) is 15.8 Å². The van der Waals surface area contributed by atoms with Crippen LogP contribution in [0.1, 0.15) is 23.2 Å². The molecule has 2 heterocycles. The second kappa shape index (κ2) is 7.94. The minimum atomic E-state index is -3.70. The van der Waals surface area contributed by atoms with Crippen molar-refractivity contribution in [3.05, 3.63) is 46.8 Å². The topological polar surface area (TPSA) is 110 Å². The monoisotopic (exact) mass is 429 g/mol. The van der Waals surface area contributed by atoms with Crippen LogP contribution in [0.25, 0.3) is 0 Å². The second-order valence-corrected chi connectivity index (χ2v) is 9.41. The number of piperidine rings is 1. The molecule has 1 aromatic carbocycles. The van der Waals surface area contributed by atoms with Gasteiger partial charge in [-0.1, -0.05) is 6.07 Å². The van der Waals surface area contributed by atoms with Crippen molar-refractivity contribution in [1.82, 2.24) is 4.31 Å². The number of nitrogens with one attached hydrogen (secondary N) is 1. The third-order valence-electron chi connectivity index (χ3n) is 4.42. The number of hydrogen-bond acceptors (Lipinski definition) is 5. The highest BCUT2D eigenvalue weighted by Gasteiger charge is 2.34. The van der Waals surface area contributed by atoms with E-state index in [-0.39, 0.29) is 17.3 Å². The molecule has 3 rings (SSSR count). The van der Waals surface area contributed by atoms with E-state index in [0.29, 0.717) is 18.9 Å². The Morgan fingerprint density at radius 2 is 2.00 bits per heavy atom. The summed E-state index contributed by atoms with van der Waals surface area (Å²) >= 11 is 1.08. The summed E-state index contributed by atoms with van der Waals surface area (Å²) in [6, 6.07) is 4.40. The Bertz CT molecular complexity index is 1010. The fourth-order valence-corrected chi connectivity index (χ4v) is 5.65. The largest absolute Gasteiger partial charge is 0.366 e. The molecule has 1 aliphatic heterocycles. The summed E-state index contributed by atoms with van der Waals surface area (Å²) in [7, 11) is -3.70. The number of anilines is 1. The lowest BCUT2D eigenvalue weighted by molar-refractivity contribution is -0.120. The van der Waals surface area contributed by atoms with Gasteiger partial charge in [-0.05, 0) is 30.4 Å². The Labute approximate surface area is 164 Å². The number of sulfonamides is 1. The number of rotatable bonds is 5. The first-order valence-electron chi connectivity index (χ1n) is 8.33. The zero-order valence-electron chi connectivity index (χ0n) is 14.5. The molecule has 0 radical (unpaired) electrons. The average molecular weight is 429 g/mol. The first-order chi connectivity index (χ1) is 13.2. The summed E-state index contributed by atoms with van der Waals surface area (Å²) in [5.41, 5.74) is 4.09. The van der Waals surface area contributed by atoms with Crippen molar-refractivity contribution in [2.45, 2.75) is 17.1 Å². The molecule has 1 fully saturated rings. The van der Waals surface area contributed by atoms with Crippen LogP contribution in [0.3, 0.4) is 0 Å².